The van der Waals surface area contributed by atoms with E-state index in [1.54, 1.807) is 0 Å². The Morgan fingerprint density at radius 3 is 2.75 bits per heavy atom. The van der Waals surface area contributed by atoms with Crippen LogP contribution in [0.2, 0.25) is 0 Å². The zero-order valence-corrected chi connectivity index (χ0v) is 14.4. The van der Waals surface area contributed by atoms with Gasteiger partial charge in [-0.05, 0) is 44.6 Å². The molecule has 0 aromatic rings. The third kappa shape index (κ3) is 8.26. The summed E-state index contributed by atoms with van der Waals surface area (Å²) in [6.45, 7) is 11.8. The van der Waals surface area contributed by atoms with E-state index in [0.29, 0.717) is 11.5 Å². The van der Waals surface area contributed by atoms with Crippen molar-refractivity contribution in [3.05, 3.63) is 0 Å². The Morgan fingerprint density at radius 2 is 2.00 bits per heavy atom. The van der Waals surface area contributed by atoms with Crippen molar-refractivity contribution < 1.29 is 0 Å². The van der Waals surface area contributed by atoms with Crippen molar-refractivity contribution in [3.8, 4) is 0 Å². The molecule has 0 aromatic heterocycles. The van der Waals surface area contributed by atoms with Crippen LogP contribution in [-0.4, -0.2) is 25.2 Å². The van der Waals surface area contributed by atoms with Crippen LogP contribution in [0.5, 0.6) is 0 Å². The minimum Gasteiger partial charge on any atom is -0.314 e. The Hall–Kier alpha value is -0.0800. The van der Waals surface area contributed by atoms with Crippen molar-refractivity contribution in [3.63, 3.8) is 0 Å². The fourth-order valence-electron chi connectivity index (χ4n) is 3.20. The van der Waals surface area contributed by atoms with Gasteiger partial charge in [0.05, 0.1) is 0 Å². The third-order valence-electron chi connectivity index (χ3n) is 4.69. The fraction of sp³-hybridized carbons (Fsp3) is 1.00. The monoisotopic (exact) mass is 282 g/mol. The minimum atomic E-state index is 0.445. The first-order valence-corrected chi connectivity index (χ1v) is 9.00. The lowest BCUT2D eigenvalue weighted by Gasteiger charge is -2.29. The van der Waals surface area contributed by atoms with Crippen molar-refractivity contribution in [1.29, 1.82) is 0 Å². The topological polar surface area (TPSA) is 24.1 Å². The quantitative estimate of drug-likeness (QED) is 0.609. The largest absolute Gasteiger partial charge is 0.314 e. The second kappa shape index (κ2) is 9.78. The van der Waals surface area contributed by atoms with Gasteiger partial charge in [0.15, 0.2) is 0 Å². The van der Waals surface area contributed by atoms with E-state index in [9.17, 15) is 0 Å². The number of rotatable bonds is 9. The van der Waals surface area contributed by atoms with Crippen molar-refractivity contribution in [2.75, 3.05) is 13.1 Å². The zero-order valence-electron chi connectivity index (χ0n) is 14.4. The molecule has 0 amide bonds. The molecule has 1 fully saturated rings. The average molecular weight is 283 g/mol. The van der Waals surface area contributed by atoms with Gasteiger partial charge in [0, 0.05) is 18.6 Å². The summed E-state index contributed by atoms with van der Waals surface area (Å²) in [4.78, 5) is 0. The number of hydrogen-bond acceptors (Lipinski definition) is 2. The van der Waals surface area contributed by atoms with Gasteiger partial charge >= 0.3 is 0 Å². The number of hydrogen-bond donors (Lipinski definition) is 2. The average Bonchev–Trinajstić information content (AvgIpc) is 2.65. The van der Waals surface area contributed by atoms with Crippen LogP contribution in [-0.2, 0) is 0 Å². The van der Waals surface area contributed by atoms with E-state index in [1.165, 1.54) is 64.3 Å². The molecule has 0 spiro atoms. The highest BCUT2D eigenvalue weighted by atomic mass is 15.0. The van der Waals surface area contributed by atoms with Crippen molar-refractivity contribution in [2.24, 2.45) is 5.41 Å². The maximum atomic E-state index is 3.78. The van der Waals surface area contributed by atoms with Gasteiger partial charge in [-0.25, -0.2) is 0 Å². The Kier molecular flexibility index (Phi) is 8.79. The molecule has 0 aromatic carbocycles. The molecule has 0 saturated carbocycles. The highest BCUT2D eigenvalue weighted by Crippen LogP contribution is 2.23. The molecule has 1 aliphatic heterocycles. The first kappa shape index (κ1) is 18.0. The van der Waals surface area contributed by atoms with Crippen molar-refractivity contribution in [1.82, 2.24) is 10.6 Å². The van der Waals surface area contributed by atoms with Crippen molar-refractivity contribution in [2.45, 2.75) is 97.6 Å². The van der Waals surface area contributed by atoms with Crippen LogP contribution in [0, 0.1) is 5.41 Å². The molecule has 1 heterocycles. The predicted octanol–water partition coefficient (Wildman–Crippen LogP) is 4.49. The Bertz CT molecular complexity index is 230. The first-order valence-electron chi connectivity index (χ1n) is 9.00. The Balaban J connectivity index is 2.18. The Morgan fingerprint density at radius 1 is 1.20 bits per heavy atom. The van der Waals surface area contributed by atoms with E-state index < -0.39 is 0 Å². The van der Waals surface area contributed by atoms with Gasteiger partial charge < -0.3 is 10.6 Å². The van der Waals surface area contributed by atoms with Gasteiger partial charge in [-0.2, -0.15) is 0 Å². The summed E-state index contributed by atoms with van der Waals surface area (Å²) in [7, 11) is 0. The summed E-state index contributed by atoms with van der Waals surface area (Å²) in [6.07, 6.45) is 12.3. The van der Waals surface area contributed by atoms with E-state index in [1.807, 2.05) is 0 Å². The molecule has 0 bridgehead atoms. The highest BCUT2D eigenvalue weighted by Gasteiger charge is 2.20. The second-order valence-electron chi connectivity index (χ2n) is 7.64. The van der Waals surface area contributed by atoms with Crippen LogP contribution >= 0.6 is 0 Å². The lowest BCUT2D eigenvalue weighted by Crippen LogP contribution is -2.40. The predicted molar refractivity (Wildman–Crippen MR) is 90.3 cm³/mol. The molecule has 120 valence electrons. The number of unbranched alkanes of at least 4 members (excludes halogenated alkanes) is 2. The van der Waals surface area contributed by atoms with Crippen LogP contribution in [0.1, 0.15) is 85.5 Å². The van der Waals surface area contributed by atoms with Crippen LogP contribution in [0.25, 0.3) is 0 Å². The summed E-state index contributed by atoms with van der Waals surface area (Å²) in [5.41, 5.74) is 0.445. The number of nitrogens with one attached hydrogen (secondary N) is 2. The molecule has 2 nitrogen and oxygen atoms in total. The molecule has 1 aliphatic rings. The standard InChI is InChI=1S/C18H38N2/c1-5-6-9-12-18(3,4)15-20-16(2)14-17-11-8-7-10-13-19-17/h16-17,19-20H,5-15H2,1-4H3. The summed E-state index contributed by atoms with van der Waals surface area (Å²) >= 11 is 0. The lowest BCUT2D eigenvalue weighted by molar-refractivity contribution is 0.279. The molecule has 1 saturated heterocycles. The van der Waals surface area contributed by atoms with E-state index in [-0.39, 0.29) is 0 Å². The van der Waals surface area contributed by atoms with Gasteiger partial charge in [-0.3, -0.25) is 0 Å². The molecule has 2 N–H and O–H groups in total. The van der Waals surface area contributed by atoms with E-state index >= 15 is 0 Å². The molecule has 0 radical (unpaired) electrons. The molecule has 1 rings (SSSR count). The normalized spacial score (nSPS) is 22.5. The minimum absolute atomic E-state index is 0.445. The van der Waals surface area contributed by atoms with Crippen LogP contribution in [0.15, 0.2) is 0 Å². The first-order chi connectivity index (χ1) is 9.53. The summed E-state index contributed by atoms with van der Waals surface area (Å²) in [5, 5.41) is 7.49. The van der Waals surface area contributed by atoms with Crippen molar-refractivity contribution >= 4 is 0 Å². The molecule has 0 aliphatic carbocycles. The molecular weight excluding hydrogens is 244 g/mol. The smallest absolute Gasteiger partial charge is 0.00817 e. The van der Waals surface area contributed by atoms with Gasteiger partial charge in [0.2, 0.25) is 0 Å². The van der Waals surface area contributed by atoms with Gasteiger partial charge in [-0.15, -0.1) is 0 Å². The fourth-order valence-corrected chi connectivity index (χ4v) is 3.20. The molecule has 2 heteroatoms. The van der Waals surface area contributed by atoms with Crippen LogP contribution in [0.3, 0.4) is 0 Å². The second-order valence-corrected chi connectivity index (χ2v) is 7.64. The van der Waals surface area contributed by atoms with E-state index in [2.05, 4.69) is 38.3 Å². The third-order valence-corrected chi connectivity index (χ3v) is 4.69. The van der Waals surface area contributed by atoms with Crippen LogP contribution < -0.4 is 10.6 Å². The molecule has 20 heavy (non-hydrogen) atoms. The lowest BCUT2D eigenvalue weighted by atomic mass is 9.86. The molecular formula is C18H38N2. The molecule has 2 atom stereocenters. The SMILES string of the molecule is CCCCCC(C)(C)CNC(C)CC1CCCCCN1. The van der Waals surface area contributed by atoms with Gasteiger partial charge in [-0.1, -0.05) is 52.9 Å². The van der Waals surface area contributed by atoms with Gasteiger partial charge in [0.25, 0.3) is 0 Å². The maximum absolute atomic E-state index is 3.78. The van der Waals surface area contributed by atoms with E-state index in [4.69, 9.17) is 0 Å². The highest BCUT2D eigenvalue weighted by molar-refractivity contribution is 4.79. The maximum Gasteiger partial charge on any atom is 0.00817 e. The van der Waals surface area contributed by atoms with Crippen LogP contribution in [0.4, 0.5) is 0 Å². The van der Waals surface area contributed by atoms with Gasteiger partial charge in [0.1, 0.15) is 0 Å². The van der Waals surface area contributed by atoms with E-state index in [0.717, 1.165) is 12.6 Å². The molecule has 2 unspecified atom stereocenters. The summed E-state index contributed by atoms with van der Waals surface area (Å²) < 4.78 is 0. The Labute approximate surface area is 127 Å². The zero-order chi connectivity index (χ0) is 14.8. The summed E-state index contributed by atoms with van der Waals surface area (Å²) in [5.74, 6) is 0. The summed E-state index contributed by atoms with van der Waals surface area (Å²) in [6, 6.07) is 1.37.